The van der Waals surface area contributed by atoms with Gasteiger partial charge >= 0.3 is 0 Å². The first-order valence-electron chi connectivity index (χ1n) is 8.62. The Morgan fingerprint density at radius 3 is 3.04 bits per heavy atom. The Morgan fingerprint density at radius 2 is 2.26 bits per heavy atom. The first-order chi connectivity index (χ1) is 11.3. The number of hydrogen-bond acceptors (Lipinski definition) is 5. The van der Waals surface area contributed by atoms with Crippen LogP contribution >= 0.6 is 0 Å². The Morgan fingerprint density at radius 1 is 1.30 bits per heavy atom. The van der Waals surface area contributed by atoms with Crippen molar-refractivity contribution in [1.82, 2.24) is 9.96 Å². The largest absolute Gasteiger partial charge is 0.472 e. The van der Waals surface area contributed by atoms with Gasteiger partial charge in [-0.05, 0) is 31.7 Å². The van der Waals surface area contributed by atoms with Gasteiger partial charge in [-0.15, -0.1) is 0 Å². The molecule has 6 heteroatoms. The molecule has 3 aliphatic rings. The minimum atomic E-state index is -0.0423. The zero-order valence-electron chi connectivity index (χ0n) is 13.4. The average molecular weight is 320 g/mol. The van der Waals surface area contributed by atoms with Crippen molar-refractivity contribution in [2.45, 2.75) is 44.4 Å². The lowest BCUT2D eigenvalue weighted by Crippen LogP contribution is -2.53. The van der Waals surface area contributed by atoms with Crippen LogP contribution in [0.2, 0.25) is 0 Å². The number of nitrogens with zero attached hydrogens (tertiary/aromatic N) is 2. The van der Waals surface area contributed by atoms with Crippen LogP contribution < -0.4 is 0 Å². The van der Waals surface area contributed by atoms with Gasteiger partial charge in [-0.25, -0.2) is 5.06 Å². The number of carbonyl (C=O) groups is 1. The molecule has 0 aromatic carbocycles. The number of hydrogen-bond donors (Lipinski definition) is 0. The molecule has 3 atom stereocenters. The zero-order valence-corrected chi connectivity index (χ0v) is 13.4. The van der Waals surface area contributed by atoms with Crippen LogP contribution in [0.25, 0.3) is 0 Å². The minimum Gasteiger partial charge on any atom is -0.472 e. The molecule has 0 aliphatic carbocycles. The third kappa shape index (κ3) is 3.16. The maximum Gasteiger partial charge on any atom is 0.250 e. The number of carbonyl (C=O) groups excluding carboxylic acids is 1. The quantitative estimate of drug-likeness (QED) is 0.850. The van der Waals surface area contributed by atoms with Crippen LogP contribution in [0.4, 0.5) is 0 Å². The molecule has 4 heterocycles. The van der Waals surface area contributed by atoms with Crippen LogP contribution in [0.5, 0.6) is 0 Å². The topological polar surface area (TPSA) is 55.2 Å². The van der Waals surface area contributed by atoms with Crippen LogP contribution in [-0.4, -0.2) is 54.3 Å². The molecular weight excluding hydrogens is 296 g/mol. The fourth-order valence-corrected chi connectivity index (χ4v) is 4.01. The van der Waals surface area contributed by atoms with E-state index in [1.165, 1.54) is 0 Å². The maximum atomic E-state index is 12.8. The summed E-state index contributed by atoms with van der Waals surface area (Å²) in [5, 5.41) is 1.58. The highest BCUT2D eigenvalue weighted by Crippen LogP contribution is 2.33. The lowest BCUT2D eigenvalue weighted by molar-refractivity contribution is -0.204. The summed E-state index contributed by atoms with van der Waals surface area (Å²) >= 11 is 0. The van der Waals surface area contributed by atoms with E-state index in [9.17, 15) is 4.79 Å². The molecule has 0 unspecified atom stereocenters. The van der Waals surface area contributed by atoms with Crippen molar-refractivity contribution in [1.29, 1.82) is 0 Å². The highest BCUT2D eigenvalue weighted by molar-refractivity contribution is 5.78. The van der Waals surface area contributed by atoms with Gasteiger partial charge in [-0.1, -0.05) is 0 Å². The Hall–Kier alpha value is -1.37. The van der Waals surface area contributed by atoms with E-state index in [4.69, 9.17) is 14.0 Å². The molecule has 0 N–H and O–H groups in total. The van der Waals surface area contributed by atoms with Crippen molar-refractivity contribution in [3.05, 3.63) is 24.2 Å². The second-order valence-electron chi connectivity index (χ2n) is 6.74. The normalized spacial score (nSPS) is 32.0. The Kier molecular flexibility index (Phi) is 4.37. The molecule has 23 heavy (non-hydrogen) atoms. The standard InChI is InChI=1S/C17H24N2O4/c20-17(19-5-1-2-6-23-19)14-9-16-15(4-8-22-16)18(11-14)10-13-3-7-21-12-13/h3,7,12,14-16H,1-2,4-6,8-11H2/t14-,15-,16-/m1/s1. The van der Waals surface area contributed by atoms with E-state index in [-0.39, 0.29) is 17.9 Å². The van der Waals surface area contributed by atoms with Crippen LogP contribution in [0, 0.1) is 5.92 Å². The van der Waals surface area contributed by atoms with Crippen LogP contribution in [-0.2, 0) is 20.9 Å². The second kappa shape index (κ2) is 6.63. The van der Waals surface area contributed by atoms with Gasteiger partial charge < -0.3 is 9.15 Å². The van der Waals surface area contributed by atoms with E-state index in [1.54, 1.807) is 17.6 Å². The summed E-state index contributed by atoms with van der Waals surface area (Å²) < 4.78 is 11.1. The zero-order chi connectivity index (χ0) is 15.6. The number of fused-ring (bicyclic) bond motifs is 1. The number of rotatable bonds is 3. The van der Waals surface area contributed by atoms with Gasteiger partial charge in [0.25, 0.3) is 5.91 Å². The van der Waals surface area contributed by atoms with E-state index in [2.05, 4.69) is 4.90 Å². The summed E-state index contributed by atoms with van der Waals surface area (Å²) in [5.41, 5.74) is 1.15. The van der Waals surface area contributed by atoms with E-state index in [0.717, 1.165) is 50.9 Å². The first kappa shape index (κ1) is 15.2. The number of piperidine rings is 1. The molecule has 0 saturated carbocycles. The van der Waals surface area contributed by atoms with Crippen molar-refractivity contribution < 1.29 is 18.8 Å². The Bertz CT molecular complexity index is 527. The Balaban J connectivity index is 1.46. The van der Waals surface area contributed by atoms with Crippen molar-refractivity contribution in [3.8, 4) is 0 Å². The van der Waals surface area contributed by atoms with Crippen molar-refractivity contribution in [2.75, 3.05) is 26.3 Å². The predicted octanol–water partition coefficient (Wildman–Crippen LogP) is 1.81. The van der Waals surface area contributed by atoms with Crippen LogP contribution in [0.15, 0.2) is 23.0 Å². The van der Waals surface area contributed by atoms with Crippen molar-refractivity contribution in [2.24, 2.45) is 5.92 Å². The van der Waals surface area contributed by atoms with Gasteiger partial charge in [0.15, 0.2) is 0 Å². The molecule has 0 spiro atoms. The third-order valence-corrected chi connectivity index (χ3v) is 5.18. The molecule has 1 aromatic heterocycles. The number of hydroxylamine groups is 2. The van der Waals surface area contributed by atoms with Gasteiger partial charge in [-0.2, -0.15) is 0 Å². The molecule has 3 aliphatic heterocycles. The number of furan rings is 1. The SMILES string of the molecule is O=C([C@@H]1C[C@H]2OCC[C@H]2N(Cc2ccoc2)C1)N1CCCCO1. The molecule has 0 radical (unpaired) electrons. The van der Waals surface area contributed by atoms with E-state index in [0.29, 0.717) is 19.2 Å². The number of ether oxygens (including phenoxy) is 1. The molecule has 4 rings (SSSR count). The highest BCUT2D eigenvalue weighted by Gasteiger charge is 2.43. The van der Waals surface area contributed by atoms with E-state index >= 15 is 0 Å². The van der Waals surface area contributed by atoms with Crippen LogP contribution in [0.3, 0.4) is 0 Å². The van der Waals surface area contributed by atoms with Gasteiger partial charge in [0.2, 0.25) is 0 Å². The fraction of sp³-hybridized carbons (Fsp3) is 0.706. The molecule has 3 fully saturated rings. The number of likely N-dealkylation sites (tertiary alicyclic amines) is 1. The summed E-state index contributed by atoms with van der Waals surface area (Å²) in [4.78, 5) is 20.7. The van der Waals surface area contributed by atoms with Crippen molar-refractivity contribution >= 4 is 5.91 Å². The summed E-state index contributed by atoms with van der Waals surface area (Å²) in [6.07, 6.45) is 7.56. The van der Waals surface area contributed by atoms with Crippen molar-refractivity contribution in [3.63, 3.8) is 0 Å². The summed E-state index contributed by atoms with van der Waals surface area (Å²) in [6.45, 7) is 3.74. The smallest absolute Gasteiger partial charge is 0.250 e. The van der Waals surface area contributed by atoms with Gasteiger partial charge in [0.05, 0.1) is 31.2 Å². The summed E-state index contributed by atoms with van der Waals surface area (Å²) in [6, 6.07) is 2.40. The Labute approximate surface area is 136 Å². The number of amides is 1. The fourth-order valence-electron chi connectivity index (χ4n) is 4.01. The third-order valence-electron chi connectivity index (χ3n) is 5.18. The van der Waals surface area contributed by atoms with E-state index < -0.39 is 0 Å². The molecule has 1 aromatic rings. The average Bonchev–Trinajstić information content (AvgIpc) is 3.26. The maximum absolute atomic E-state index is 12.8. The second-order valence-corrected chi connectivity index (χ2v) is 6.74. The lowest BCUT2D eigenvalue weighted by Gasteiger charge is -2.41. The predicted molar refractivity (Wildman–Crippen MR) is 82.3 cm³/mol. The molecule has 126 valence electrons. The van der Waals surface area contributed by atoms with Gasteiger partial charge in [-0.3, -0.25) is 14.5 Å². The molecule has 6 nitrogen and oxygen atoms in total. The summed E-state index contributed by atoms with van der Waals surface area (Å²) in [7, 11) is 0. The lowest BCUT2D eigenvalue weighted by atomic mass is 9.89. The van der Waals surface area contributed by atoms with Gasteiger partial charge in [0.1, 0.15) is 0 Å². The molecule has 3 saturated heterocycles. The monoisotopic (exact) mass is 320 g/mol. The molecule has 1 amide bonds. The molecule has 0 bridgehead atoms. The first-order valence-corrected chi connectivity index (χ1v) is 8.62. The highest BCUT2D eigenvalue weighted by atomic mass is 16.7. The van der Waals surface area contributed by atoms with E-state index in [1.807, 2.05) is 6.07 Å². The van der Waals surface area contributed by atoms with Gasteiger partial charge in [0, 0.05) is 37.8 Å². The van der Waals surface area contributed by atoms with Crippen LogP contribution in [0.1, 0.15) is 31.2 Å². The summed E-state index contributed by atoms with van der Waals surface area (Å²) in [5.74, 6) is 0.0789. The molecular formula is C17H24N2O4. The minimum absolute atomic E-state index is 0.0423.